The number of anilines is 1. The van der Waals surface area contributed by atoms with E-state index in [9.17, 15) is 4.79 Å². The van der Waals surface area contributed by atoms with Crippen LogP contribution in [0.25, 0.3) is 10.2 Å². The van der Waals surface area contributed by atoms with Crippen LogP contribution in [-0.4, -0.2) is 22.6 Å². The Morgan fingerprint density at radius 1 is 1.18 bits per heavy atom. The van der Waals surface area contributed by atoms with Gasteiger partial charge in [-0.1, -0.05) is 29.5 Å². The first-order valence-electron chi connectivity index (χ1n) is 9.06. The molecule has 1 unspecified atom stereocenters. The zero-order chi connectivity index (χ0) is 19.5. The number of hydrogen-bond acceptors (Lipinski definition) is 4. The highest BCUT2D eigenvalue weighted by Crippen LogP contribution is 2.28. The minimum atomic E-state index is -0.0995. The number of methoxy groups -OCH3 is 1. The summed E-state index contributed by atoms with van der Waals surface area (Å²) in [6.45, 7) is 2.05. The van der Waals surface area contributed by atoms with Crippen molar-refractivity contribution in [2.75, 3.05) is 12.4 Å². The zero-order valence-corrected chi connectivity index (χ0v) is 16.6. The third-order valence-corrected chi connectivity index (χ3v) is 5.59. The molecule has 0 spiro atoms. The molecule has 1 N–H and O–H groups in total. The quantitative estimate of drug-likeness (QED) is 0.501. The molecule has 142 valence electrons. The molecule has 4 aromatic rings. The predicted molar refractivity (Wildman–Crippen MR) is 113 cm³/mol. The maximum Gasteiger partial charge on any atom is 0.228 e. The van der Waals surface area contributed by atoms with E-state index in [1.165, 1.54) is 16.9 Å². The Labute approximate surface area is 167 Å². The van der Waals surface area contributed by atoms with Gasteiger partial charge in [0.05, 0.1) is 29.8 Å². The second-order valence-corrected chi connectivity index (χ2v) is 7.69. The van der Waals surface area contributed by atoms with Crippen molar-refractivity contribution >= 4 is 32.6 Å². The van der Waals surface area contributed by atoms with Crippen LogP contribution in [-0.2, 0) is 4.79 Å². The monoisotopic (exact) mass is 391 g/mol. The van der Waals surface area contributed by atoms with Gasteiger partial charge in [0.15, 0.2) is 5.13 Å². The van der Waals surface area contributed by atoms with Gasteiger partial charge in [0.25, 0.3) is 0 Å². The second-order valence-electron chi connectivity index (χ2n) is 6.66. The number of fused-ring (bicyclic) bond motifs is 1. The van der Waals surface area contributed by atoms with Gasteiger partial charge in [0, 0.05) is 12.4 Å². The normalized spacial score (nSPS) is 12.1. The number of aromatic nitrogens is 2. The van der Waals surface area contributed by atoms with E-state index in [0.29, 0.717) is 11.6 Å². The van der Waals surface area contributed by atoms with Gasteiger partial charge >= 0.3 is 0 Å². The van der Waals surface area contributed by atoms with Crippen LogP contribution in [0, 0.1) is 6.92 Å². The third kappa shape index (κ3) is 3.92. The molecule has 0 fully saturated rings. The molecule has 0 bridgehead atoms. The number of hydrogen-bond donors (Lipinski definition) is 1. The van der Waals surface area contributed by atoms with E-state index in [0.717, 1.165) is 21.5 Å². The Morgan fingerprint density at radius 2 is 1.93 bits per heavy atom. The number of thiazole rings is 1. The highest BCUT2D eigenvalue weighted by atomic mass is 32.1. The van der Waals surface area contributed by atoms with Crippen LogP contribution in [0.1, 0.15) is 23.6 Å². The van der Waals surface area contributed by atoms with Crippen molar-refractivity contribution in [1.29, 1.82) is 0 Å². The lowest BCUT2D eigenvalue weighted by molar-refractivity contribution is -0.116. The van der Waals surface area contributed by atoms with E-state index in [-0.39, 0.29) is 11.9 Å². The Balaban J connectivity index is 1.54. The molecule has 0 aliphatic rings. The summed E-state index contributed by atoms with van der Waals surface area (Å²) in [5, 5.41) is 3.60. The molecule has 0 saturated carbocycles. The van der Waals surface area contributed by atoms with Crippen LogP contribution < -0.4 is 10.1 Å². The number of nitrogens with zero attached hydrogens (tertiary/aromatic N) is 2. The molecular formula is C22H21N3O2S. The largest absolute Gasteiger partial charge is 0.497 e. The number of ether oxygens (including phenoxy) is 1. The van der Waals surface area contributed by atoms with Gasteiger partial charge in [-0.25, -0.2) is 4.98 Å². The summed E-state index contributed by atoms with van der Waals surface area (Å²) in [5.41, 5.74) is 3.14. The number of rotatable bonds is 6. The van der Waals surface area contributed by atoms with Crippen molar-refractivity contribution < 1.29 is 9.53 Å². The van der Waals surface area contributed by atoms with Crippen molar-refractivity contribution in [3.05, 3.63) is 78.1 Å². The van der Waals surface area contributed by atoms with Gasteiger partial charge in [0.1, 0.15) is 5.75 Å². The smallest absolute Gasteiger partial charge is 0.228 e. The standard InChI is InChI=1S/C22H21N3O2S/c1-15-5-10-18-20(13-15)28-22(23-18)24-21(26)14-19(25-11-3-4-12-25)16-6-8-17(27-2)9-7-16/h3-13,19H,14H2,1-2H3,(H,23,24,26). The predicted octanol–water partition coefficient (Wildman–Crippen LogP) is 5.03. The van der Waals surface area contributed by atoms with Crippen LogP contribution in [0.4, 0.5) is 5.13 Å². The average molecular weight is 391 g/mol. The van der Waals surface area contributed by atoms with Crippen LogP contribution in [0.5, 0.6) is 5.75 Å². The maximum atomic E-state index is 12.8. The fraction of sp³-hybridized carbons (Fsp3) is 0.182. The molecule has 1 amide bonds. The first-order chi connectivity index (χ1) is 13.6. The van der Waals surface area contributed by atoms with Gasteiger partial charge in [-0.2, -0.15) is 0 Å². The topological polar surface area (TPSA) is 56.1 Å². The number of nitrogens with one attached hydrogen (secondary N) is 1. The first-order valence-corrected chi connectivity index (χ1v) is 9.87. The summed E-state index contributed by atoms with van der Waals surface area (Å²) in [4.78, 5) is 17.3. The molecule has 0 radical (unpaired) electrons. The Bertz CT molecular complexity index is 1080. The lowest BCUT2D eigenvalue weighted by atomic mass is 10.0. The molecule has 4 rings (SSSR count). The summed E-state index contributed by atoms with van der Waals surface area (Å²) in [7, 11) is 1.64. The van der Waals surface area contributed by atoms with Gasteiger partial charge < -0.3 is 14.6 Å². The first kappa shape index (κ1) is 18.3. The van der Waals surface area contributed by atoms with Gasteiger partial charge in [-0.15, -0.1) is 0 Å². The molecule has 6 heteroatoms. The van der Waals surface area contributed by atoms with Crippen LogP contribution >= 0.6 is 11.3 Å². The van der Waals surface area contributed by atoms with Gasteiger partial charge in [-0.05, 0) is 54.4 Å². The molecule has 2 heterocycles. The van der Waals surface area contributed by atoms with Gasteiger partial charge in [0.2, 0.25) is 5.91 Å². The van der Waals surface area contributed by atoms with E-state index < -0.39 is 0 Å². The Kier molecular flexibility index (Phi) is 5.12. The summed E-state index contributed by atoms with van der Waals surface area (Å²) >= 11 is 1.50. The van der Waals surface area contributed by atoms with Crippen LogP contribution in [0.15, 0.2) is 67.0 Å². The van der Waals surface area contributed by atoms with E-state index in [1.54, 1.807) is 7.11 Å². The van der Waals surface area contributed by atoms with Gasteiger partial charge in [-0.3, -0.25) is 4.79 Å². The van der Waals surface area contributed by atoms with Crippen molar-refractivity contribution in [1.82, 2.24) is 9.55 Å². The summed E-state index contributed by atoms with van der Waals surface area (Å²) in [6.07, 6.45) is 4.27. The number of carbonyl (C=O) groups excluding carboxylic acids is 1. The molecule has 28 heavy (non-hydrogen) atoms. The summed E-state index contributed by atoms with van der Waals surface area (Å²) in [5.74, 6) is 0.731. The molecule has 2 aromatic heterocycles. The Hall–Kier alpha value is -3.12. The fourth-order valence-electron chi connectivity index (χ4n) is 3.21. The number of carbonyl (C=O) groups is 1. The van der Waals surface area contributed by atoms with E-state index in [2.05, 4.69) is 16.4 Å². The summed E-state index contributed by atoms with van der Waals surface area (Å²) < 4.78 is 8.36. The fourth-order valence-corrected chi connectivity index (χ4v) is 4.19. The molecule has 0 aliphatic heterocycles. The molecule has 2 aromatic carbocycles. The lowest BCUT2D eigenvalue weighted by Gasteiger charge is -2.19. The highest BCUT2D eigenvalue weighted by molar-refractivity contribution is 7.22. The Morgan fingerprint density at radius 3 is 2.64 bits per heavy atom. The van der Waals surface area contributed by atoms with Crippen molar-refractivity contribution in [3.8, 4) is 5.75 Å². The van der Waals surface area contributed by atoms with E-state index in [4.69, 9.17) is 4.74 Å². The molecule has 5 nitrogen and oxygen atoms in total. The highest BCUT2D eigenvalue weighted by Gasteiger charge is 2.18. The lowest BCUT2D eigenvalue weighted by Crippen LogP contribution is -2.19. The molecule has 1 atom stereocenters. The summed E-state index contributed by atoms with van der Waals surface area (Å²) in [6, 6.07) is 17.7. The maximum absolute atomic E-state index is 12.8. The molecule has 0 saturated heterocycles. The van der Waals surface area contributed by atoms with E-state index >= 15 is 0 Å². The van der Waals surface area contributed by atoms with Crippen LogP contribution in [0.2, 0.25) is 0 Å². The minimum Gasteiger partial charge on any atom is -0.497 e. The average Bonchev–Trinajstić information content (AvgIpc) is 3.35. The van der Waals surface area contributed by atoms with Crippen molar-refractivity contribution in [2.24, 2.45) is 0 Å². The third-order valence-electron chi connectivity index (χ3n) is 4.66. The van der Waals surface area contributed by atoms with Crippen molar-refractivity contribution in [3.63, 3.8) is 0 Å². The minimum absolute atomic E-state index is 0.0645. The zero-order valence-electron chi connectivity index (χ0n) is 15.8. The second kappa shape index (κ2) is 7.86. The SMILES string of the molecule is COc1ccc(C(CC(=O)Nc2nc3ccc(C)cc3s2)n2cccc2)cc1. The molecular weight excluding hydrogens is 370 g/mol. The van der Waals surface area contributed by atoms with Crippen LogP contribution in [0.3, 0.4) is 0 Å². The number of amides is 1. The number of aryl methyl sites for hydroxylation is 1. The molecule has 0 aliphatic carbocycles. The number of benzene rings is 2. The van der Waals surface area contributed by atoms with Crippen molar-refractivity contribution in [2.45, 2.75) is 19.4 Å². The van der Waals surface area contributed by atoms with E-state index in [1.807, 2.05) is 72.4 Å².